The number of nitrogens with one attached hydrogen (secondary N) is 1. The molecule has 0 saturated carbocycles. The van der Waals surface area contributed by atoms with Gasteiger partial charge in [-0.1, -0.05) is 36.4 Å². The molecule has 1 aliphatic heterocycles. The lowest BCUT2D eigenvalue weighted by atomic mass is 10.1. The van der Waals surface area contributed by atoms with E-state index in [4.69, 9.17) is 4.74 Å². The summed E-state index contributed by atoms with van der Waals surface area (Å²) in [6.45, 7) is -0.799. The Morgan fingerprint density at radius 1 is 1.17 bits per heavy atom. The summed E-state index contributed by atoms with van der Waals surface area (Å²) in [5, 5.41) is 26.0. The molecule has 2 aromatic carbocycles. The van der Waals surface area contributed by atoms with E-state index >= 15 is 0 Å². The minimum absolute atomic E-state index is 0.0666. The number of nitriles is 1. The van der Waals surface area contributed by atoms with Crippen molar-refractivity contribution >= 4 is 23.6 Å². The zero-order valence-corrected chi connectivity index (χ0v) is 19.0. The zero-order chi connectivity index (χ0) is 25.7. The topological polar surface area (TPSA) is 138 Å². The average molecular weight is 491 g/mol. The summed E-state index contributed by atoms with van der Waals surface area (Å²) in [6.07, 6.45) is -0.0140. The van der Waals surface area contributed by atoms with E-state index < -0.39 is 42.4 Å². The van der Waals surface area contributed by atoms with Crippen molar-refractivity contribution in [3.05, 3.63) is 77.7 Å². The first kappa shape index (κ1) is 24.6. The molecule has 0 spiro atoms. The molecule has 2 amide bonds. The Hall–Kier alpha value is -4.56. The fourth-order valence-corrected chi connectivity index (χ4v) is 3.94. The number of carbonyl (C=O) groups excluding carboxylic acids is 3. The molecule has 2 heterocycles. The second kappa shape index (κ2) is 10.8. The summed E-state index contributed by atoms with van der Waals surface area (Å²) >= 11 is 0. The first-order valence-corrected chi connectivity index (χ1v) is 11.1. The maximum Gasteiger partial charge on any atom is 0.329 e. The molecule has 0 bridgehead atoms. The fourth-order valence-electron chi connectivity index (χ4n) is 3.94. The van der Waals surface area contributed by atoms with Crippen LogP contribution in [0, 0.1) is 17.1 Å². The Morgan fingerprint density at radius 2 is 1.89 bits per heavy atom. The number of anilines is 1. The van der Waals surface area contributed by atoms with Crippen LogP contribution >= 0.6 is 0 Å². The number of aromatic nitrogens is 2. The molecule has 0 aliphatic carbocycles. The molecule has 2 unspecified atom stereocenters. The number of para-hydroxylation sites is 1. The third kappa shape index (κ3) is 5.39. The molecule has 0 radical (unpaired) electrons. The summed E-state index contributed by atoms with van der Waals surface area (Å²) in [4.78, 5) is 39.1. The third-order valence-corrected chi connectivity index (χ3v) is 5.66. The smallest absolute Gasteiger partial charge is 0.329 e. The van der Waals surface area contributed by atoms with Gasteiger partial charge in [-0.15, -0.1) is 0 Å². The van der Waals surface area contributed by atoms with Crippen molar-refractivity contribution in [2.45, 2.75) is 25.0 Å². The van der Waals surface area contributed by atoms with Gasteiger partial charge < -0.3 is 20.1 Å². The van der Waals surface area contributed by atoms with E-state index in [1.807, 2.05) is 6.07 Å². The second-order valence-corrected chi connectivity index (χ2v) is 8.14. The van der Waals surface area contributed by atoms with Crippen LogP contribution in [0.1, 0.15) is 17.5 Å². The number of ether oxygens (including phenoxy) is 1. The number of benzene rings is 2. The van der Waals surface area contributed by atoms with Gasteiger partial charge in [-0.05, 0) is 23.8 Å². The molecule has 1 saturated heterocycles. The molecule has 4 rings (SSSR count). The van der Waals surface area contributed by atoms with Gasteiger partial charge in [0.2, 0.25) is 5.91 Å². The quantitative estimate of drug-likeness (QED) is 0.479. The van der Waals surface area contributed by atoms with Gasteiger partial charge in [-0.2, -0.15) is 10.4 Å². The number of aliphatic hydroxyl groups is 1. The first-order chi connectivity index (χ1) is 17.4. The number of amides is 2. The van der Waals surface area contributed by atoms with Gasteiger partial charge in [0.05, 0.1) is 24.4 Å². The predicted molar refractivity (Wildman–Crippen MR) is 124 cm³/mol. The van der Waals surface area contributed by atoms with Crippen LogP contribution in [0.15, 0.2) is 60.8 Å². The predicted octanol–water partition coefficient (Wildman–Crippen LogP) is 1.57. The van der Waals surface area contributed by atoms with Gasteiger partial charge in [0.1, 0.15) is 23.5 Å². The summed E-state index contributed by atoms with van der Waals surface area (Å²) < 4.78 is 20.4. The van der Waals surface area contributed by atoms with Crippen LogP contribution in [-0.4, -0.2) is 62.9 Å². The lowest BCUT2D eigenvalue weighted by Gasteiger charge is -2.23. The lowest BCUT2D eigenvalue weighted by Crippen LogP contribution is -2.43. The molecule has 11 heteroatoms. The summed E-state index contributed by atoms with van der Waals surface area (Å²) in [5.74, 6) is -2.58. The Morgan fingerprint density at radius 3 is 2.61 bits per heavy atom. The average Bonchev–Trinajstić information content (AvgIpc) is 3.47. The number of likely N-dealkylation sites (tertiary alicyclic amines) is 1. The van der Waals surface area contributed by atoms with Crippen LogP contribution in [-0.2, 0) is 25.5 Å². The largest absolute Gasteiger partial charge is 0.454 e. The van der Waals surface area contributed by atoms with Gasteiger partial charge in [0, 0.05) is 13.0 Å². The van der Waals surface area contributed by atoms with Crippen LogP contribution in [0.2, 0.25) is 0 Å². The molecule has 2 atom stereocenters. The Bertz CT molecular complexity index is 1320. The van der Waals surface area contributed by atoms with Crippen molar-refractivity contribution in [1.29, 1.82) is 5.26 Å². The van der Waals surface area contributed by atoms with E-state index in [0.29, 0.717) is 5.69 Å². The molecule has 3 aromatic rings. The van der Waals surface area contributed by atoms with E-state index in [1.165, 1.54) is 29.1 Å². The van der Waals surface area contributed by atoms with Crippen LogP contribution in [0.3, 0.4) is 0 Å². The van der Waals surface area contributed by atoms with Crippen molar-refractivity contribution in [2.24, 2.45) is 0 Å². The van der Waals surface area contributed by atoms with Crippen molar-refractivity contribution < 1.29 is 28.6 Å². The van der Waals surface area contributed by atoms with Crippen LogP contribution in [0.5, 0.6) is 0 Å². The number of β-amino-alcohol motifs (C(OH)–C–C–N with tert-alkyl or cyclic N) is 1. The summed E-state index contributed by atoms with van der Waals surface area (Å²) in [6, 6.07) is 15.4. The molecule has 1 aromatic heterocycles. The first-order valence-electron chi connectivity index (χ1n) is 11.1. The maximum atomic E-state index is 13.9. The third-order valence-electron chi connectivity index (χ3n) is 5.66. The molecule has 1 aliphatic rings. The Kier molecular flexibility index (Phi) is 7.36. The van der Waals surface area contributed by atoms with E-state index in [-0.39, 0.29) is 36.3 Å². The van der Waals surface area contributed by atoms with Crippen molar-refractivity contribution in [3.63, 3.8) is 0 Å². The number of esters is 1. The minimum Gasteiger partial charge on any atom is -0.454 e. The van der Waals surface area contributed by atoms with Crippen LogP contribution < -0.4 is 5.32 Å². The molecular formula is C25H22FN5O5. The highest BCUT2D eigenvalue weighted by Gasteiger charge is 2.40. The van der Waals surface area contributed by atoms with Crippen LogP contribution in [0.25, 0.3) is 5.69 Å². The van der Waals surface area contributed by atoms with E-state index in [0.717, 1.165) is 4.90 Å². The Labute approximate surface area is 205 Å². The van der Waals surface area contributed by atoms with E-state index in [1.54, 1.807) is 36.4 Å². The molecular weight excluding hydrogens is 469 g/mol. The van der Waals surface area contributed by atoms with Crippen molar-refractivity contribution in [3.8, 4) is 11.8 Å². The molecule has 36 heavy (non-hydrogen) atoms. The van der Waals surface area contributed by atoms with Gasteiger partial charge in [0.25, 0.3) is 5.91 Å². The maximum absolute atomic E-state index is 13.9. The van der Waals surface area contributed by atoms with Crippen molar-refractivity contribution in [1.82, 2.24) is 14.7 Å². The highest BCUT2D eigenvalue weighted by atomic mass is 19.1. The highest BCUT2D eigenvalue weighted by molar-refractivity contribution is 5.94. The summed E-state index contributed by atoms with van der Waals surface area (Å²) in [7, 11) is 0. The van der Waals surface area contributed by atoms with Crippen LogP contribution in [0.4, 0.5) is 10.2 Å². The zero-order valence-electron chi connectivity index (χ0n) is 19.0. The number of carbonyl (C=O) groups is 3. The Balaban J connectivity index is 1.39. The fraction of sp³-hybridized carbons (Fsp3) is 0.240. The SMILES string of the molecule is N#Cc1cnn(-c2ccccc2)c1NC(=O)COC(=O)C1CC(O)CN1C(=O)Cc1ccccc1F. The molecule has 2 N–H and O–H groups in total. The van der Waals surface area contributed by atoms with E-state index in [2.05, 4.69) is 10.4 Å². The standard InChI is InChI=1S/C25H22FN5O5/c26-20-9-5-4-6-16(20)10-23(34)30-14-19(32)11-21(30)25(35)36-15-22(33)29-24-17(12-27)13-28-31(24)18-7-2-1-3-8-18/h1-9,13,19,21,32H,10-11,14-15H2,(H,29,33). The number of nitrogens with zero attached hydrogens (tertiary/aromatic N) is 4. The second-order valence-electron chi connectivity index (χ2n) is 8.14. The number of halogens is 1. The monoisotopic (exact) mass is 491 g/mol. The van der Waals surface area contributed by atoms with Gasteiger partial charge in [-0.3, -0.25) is 9.59 Å². The molecule has 1 fully saturated rings. The highest BCUT2D eigenvalue weighted by Crippen LogP contribution is 2.22. The number of rotatable bonds is 7. The number of aliphatic hydroxyl groups excluding tert-OH is 1. The van der Waals surface area contributed by atoms with Gasteiger partial charge in [-0.25, -0.2) is 13.9 Å². The van der Waals surface area contributed by atoms with E-state index in [9.17, 15) is 29.1 Å². The molecule has 184 valence electrons. The summed E-state index contributed by atoms with van der Waals surface area (Å²) in [5.41, 5.74) is 0.885. The number of hydrogen-bond donors (Lipinski definition) is 2. The normalized spacial score (nSPS) is 16.9. The van der Waals surface area contributed by atoms with Gasteiger partial charge >= 0.3 is 5.97 Å². The number of hydrogen-bond acceptors (Lipinski definition) is 7. The van der Waals surface area contributed by atoms with Crippen molar-refractivity contribution in [2.75, 3.05) is 18.5 Å². The lowest BCUT2D eigenvalue weighted by molar-refractivity contribution is -0.155. The minimum atomic E-state index is -1.11. The van der Waals surface area contributed by atoms with Gasteiger partial charge in [0.15, 0.2) is 12.4 Å². The molecule has 10 nitrogen and oxygen atoms in total.